The number of nitrogens with zero attached hydrogens (tertiary/aromatic N) is 3. The number of rotatable bonds is 9. The molecule has 8 bridgehead atoms. The van der Waals surface area contributed by atoms with Gasteiger partial charge >= 0.3 is 23.9 Å². The summed E-state index contributed by atoms with van der Waals surface area (Å²) in [6.07, 6.45) is 2.99. The van der Waals surface area contributed by atoms with Crippen LogP contribution >= 0.6 is 23.2 Å². The number of esters is 4. The number of aromatic nitrogens is 4. The van der Waals surface area contributed by atoms with Gasteiger partial charge in [0.25, 0.3) is 0 Å². The lowest BCUT2D eigenvalue weighted by Gasteiger charge is -2.16. The number of ether oxygens (including phenoxy) is 4. The van der Waals surface area contributed by atoms with E-state index in [1.165, 1.54) is 28.4 Å². The van der Waals surface area contributed by atoms with Crippen LogP contribution < -0.4 is 0 Å². The van der Waals surface area contributed by atoms with Crippen molar-refractivity contribution in [2.24, 2.45) is 5.16 Å². The number of carbonyl (C=O) groups excluding carboxylic acids is 4. The van der Waals surface area contributed by atoms with Gasteiger partial charge in [0.1, 0.15) is 5.71 Å². The van der Waals surface area contributed by atoms with Crippen molar-refractivity contribution in [1.29, 1.82) is 0 Å². The summed E-state index contributed by atoms with van der Waals surface area (Å²) < 4.78 is 20.2. The monoisotopic (exact) mass is 1030 g/mol. The van der Waals surface area contributed by atoms with Gasteiger partial charge in [-0.1, -0.05) is 83.0 Å². The van der Waals surface area contributed by atoms with E-state index in [-0.39, 0.29) is 0 Å². The summed E-state index contributed by atoms with van der Waals surface area (Å²) in [4.78, 5) is 76.0. The number of hydrogen-bond acceptors (Lipinski definition) is 12. The third-order valence-corrected chi connectivity index (χ3v) is 14.0. The molecular formula is C59H41Cl2N5O9. The molecule has 8 aromatic rings. The first kappa shape index (κ1) is 48.2. The van der Waals surface area contributed by atoms with E-state index in [4.69, 9.17) is 62.1 Å². The minimum Gasteiger partial charge on any atom is -0.465 e. The second-order valence-corrected chi connectivity index (χ2v) is 18.3. The molecule has 2 N–H and O–H groups in total. The van der Waals surface area contributed by atoms with Gasteiger partial charge in [-0.15, -0.1) is 0 Å². The van der Waals surface area contributed by atoms with Crippen molar-refractivity contribution in [2.45, 2.75) is 12.0 Å². The maximum atomic E-state index is 12.9. The Kier molecular flexibility index (Phi) is 12.7. The first-order valence-corrected chi connectivity index (χ1v) is 24.1. The Bertz CT molecular complexity index is 3880. The minimum atomic E-state index is -0.873. The molecule has 0 spiro atoms. The summed E-state index contributed by atoms with van der Waals surface area (Å²) in [6, 6.07) is 41.2. The van der Waals surface area contributed by atoms with Gasteiger partial charge in [-0.05, 0) is 119 Å². The van der Waals surface area contributed by atoms with Gasteiger partial charge in [0, 0.05) is 49.9 Å². The quantitative estimate of drug-likeness (QED) is 0.104. The van der Waals surface area contributed by atoms with Crippen LogP contribution in [-0.4, -0.2) is 78.0 Å². The van der Waals surface area contributed by atoms with Crippen LogP contribution in [0.1, 0.15) is 81.8 Å². The average Bonchev–Trinajstić information content (AvgIpc) is 4.32. The molecule has 370 valence electrons. The molecular weight excluding hydrogens is 994 g/mol. The Hall–Kier alpha value is -9.11. The number of hydrogen-bond donors (Lipinski definition) is 2. The van der Waals surface area contributed by atoms with Crippen LogP contribution in [0.2, 0.25) is 10.0 Å². The number of nitrogens with one attached hydrogen (secondary N) is 2. The van der Waals surface area contributed by atoms with Crippen molar-refractivity contribution in [1.82, 2.24) is 19.9 Å². The van der Waals surface area contributed by atoms with Crippen molar-refractivity contribution >= 4 is 87.0 Å². The van der Waals surface area contributed by atoms with E-state index in [9.17, 15) is 19.2 Å². The highest BCUT2D eigenvalue weighted by Crippen LogP contribution is 2.52. The molecule has 0 fully saturated rings. The first-order valence-electron chi connectivity index (χ1n) is 23.4. The van der Waals surface area contributed by atoms with E-state index < -0.39 is 35.9 Å². The van der Waals surface area contributed by atoms with E-state index in [1.807, 2.05) is 84.9 Å². The average molecular weight is 1030 g/mol. The Morgan fingerprint density at radius 1 is 0.440 bits per heavy atom. The standard InChI is InChI=1S/C59H41Cl2N5O9/c1-71-56(67)34-16-8-30(9-17-34)46-40-24-25-41(62-40)47(31-10-18-35(19-11-31)57(68)72-2)43-27-29-45(64-43)49(33-14-22-37(23-15-33)59(70)74-4)54-55-51(53(66-75-55)50-38(60)6-5-7-39(50)61)52(65-54)48(44-28-26-42(46)63-44)32-12-20-36(21-13-32)58(69)73-3/h5-29,51,55,63-64H,1-4H3. The lowest BCUT2D eigenvalue weighted by Crippen LogP contribution is -2.14. The molecule has 3 aromatic heterocycles. The number of methoxy groups -OCH3 is 4. The van der Waals surface area contributed by atoms with Gasteiger partial charge < -0.3 is 33.8 Å². The molecule has 16 heteroatoms. The molecule has 5 aromatic carbocycles. The van der Waals surface area contributed by atoms with Crippen molar-refractivity contribution < 1.29 is 43.0 Å². The summed E-state index contributed by atoms with van der Waals surface area (Å²) in [5.74, 6) is -2.72. The number of H-pyrrole nitrogens is 2. The summed E-state index contributed by atoms with van der Waals surface area (Å²) in [5.41, 5.74) is 12.5. The molecule has 3 aliphatic heterocycles. The number of oxime groups is 1. The van der Waals surface area contributed by atoms with Crippen LogP contribution in [0.15, 0.2) is 145 Å². The van der Waals surface area contributed by atoms with Crippen molar-refractivity contribution in [3.63, 3.8) is 0 Å². The van der Waals surface area contributed by atoms with Gasteiger partial charge in [-0.25, -0.2) is 24.2 Å². The molecule has 2 atom stereocenters. The first-order chi connectivity index (χ1) is 36.5. The number of carbonyl (C=O) groups is 4. The fourth-order valence-electron chi connectivity index (χ4n) is 9.81. The lowest BCUT2D eigenvalue weighted by atomic mass is 9.85. The molecule has 6 heterocycles. The number of fused-ring (bicyclic) bond motifs is 11. The third-order valence-electron chi connectivity index (χ3n) is 13.4. The van der Waals surface area contributed by atoms with Gasteiger partial charge in [0.15, 0.2) is 6.10 Å². The minimum absolute atomic E-state index is 0.336. The number of halogens is 2. The normalized spacial score (nSPS) is 14.3. The van der Waals surface area contributed by atoms with E-state index in [0.717, 1.165) is 11.1 Å². The molecule has 3 aliphatic rings. The molecule has 0 aliphatic carbocycles. The van der Waals surface area contributed by atoms with Crippen LogP contribution in [0, 0.1) is 0 Å². The van der Waals surface area contributed by atoms with Crippen molar-refractivity contribution in [2.75, 3.05) is 28.4 Å². The summed E-state index contributed by atoms with van der Waals surface area (Å²) in [5, 5.41) is 5.47. The molecule has 0 amide bonds. The molecule has 14 nitrogen and oxygen atoms in total. The van der Waals surface area contributed by atoms with Crippen molar-refractivity contribution in [3.8, 4) is 44.5 Å². The highest BCUT2D eigenvalue weighted by molar-refractivity contribution is 6.40. The second-order valence-electron chi connectivity index (χ2n) is 17.5. The van der Waals surface area contributed by atoms with Gasteiger partial charge in [0.2, 0.25) is 0 Å². The summed E-state index contributed by atoms with van der Waals surface area (Å²) in [6.45, 7) is 0. The third kappa shape index (κ3) is 8.59. The molecule has 0 saturated carbocycles. The number of benzene rings is 5. The fraction of sp³-hybridized carbons (Fsp3) is 0.102. The van der Waals surface area contributed by atoms with E-state index in [1.54, 1.807) is 66.7 Å². The van der Waals surface area contributed by atoms with Gasteiger partial charge in [0.05, 0.1) is 89.4 Å². The van der Waals surface area contributed by atoms with Crippen LogP contribution in [0.3, 0.4) is 0 Å². The van der Waals surface area contributed by atoms with E-state index >= 15 is 0 Å². The Morgan fingerprint density at radius 2 is 0.787 bits per heavy atom. The highest BCUT2D eigenvalue weighted by atomic mass is 35.5. The lowest BCUT2D eigenvalue weighted by molar-refractivity contribution is 0.0592. The Morgan fingerprint density at radius 3 is 1.16 bits per heavy atom. The van der Waals surface area contributed by atoms with Crippen LogP contribution in [0.5, 0.6) is 0 Å². The SMILES string of the molecule is COC(=O)c1ccc(-c2c3nc(c(-c4ccc(C(=O)OC)cc4)c4ccc([nH]4)c(-c4ccc(C(=O)OC)cc4)c4nc(c(-c5ccc(C(=O)OC)cc5)c5ccc2[nH]5)C2ON=C(c5c(Cl)cccc5Cl)C42)C=C3)cc1. The predicted octanol–water partition coefficient (Wildman–Crippen LogP) is 12.9. The maximum Gasteiger partial charge on any atom is 0.337 e. The zero-order valence-electron chi connectivity index (χ0n) is 40.4. The number of aromatic amines is 2. The summed E-state index contributed by atoms with van der Waals surface area (Å²) >= 11 is 14.0. The van der Waals surface area contributed by atoms with Gasteiger partial charge in [-0.3, -0.25) is 4.98 Å². The Labute approximate surface area is 438 Å². The molecule has 0 saturated heterocycles. The largest absolute Gasteiger partial charge is 0.465 e. The van der Waals surface area contributed by atoms with Crippen LogP contribution in [-0.2, 0) is 23.8 Å². The molecule has 75 heavy (non-hydrogen) atoms. The van der Waals surface area contributed by atoms with E-state index in [2.05, 4.69) is 9.97 Å². The molecule has 2 unspecified atom stereocenters. The smallest absolute Gasteiger partial charge is 0.337 e. The predicted molar refractivity (Wildman–Crippen MR) is 287 cm³/mol. The van der Waals surface area contributed by atoms with Crippen molar-refractivity contribution in [3.05, 3.63) is 200 Å². The van der Waals surface area contributed by atoms with Crippen LogP contribution in [0.25, 0.3) is 78.7 Å². The molecule has 0 radical (unpaired) electrons. The fourth-order valence-corrected chi connectivity index (χ4v) is 10.4. The second kappa shape index (κ2) is 19.7. The van der Waals surface area contributed by atoms with E-state index in [0.29, 0.717) is 122 Å². The highest BCUT2D eigenvalue weighted by Gasteiger charge is 2.47. The van der Waals surface area contributed by atoms with Gasteiger partial charge in [-0.2, -0.15) is 0 Å². The van der Waals surface area contributed by atoms with Crippen LogP contribution in [0.4, 0.5) is 0 Å². The Balaban J connectivity index is 1.31. The summed E-state index contributed by atoms with van der Waals surface area (Å²) in [7, 11) is 5.32. The topological polar surface area (TPSA) is 184 Å². The molecule has 11 rings (SSSR count). The zero-order valence-corrected chi connectivity index (χ0v) is 41.9. The zero-order chi connectivity index (χ0) is 52.1. The maximum absolute atomic E-state index is 12.9.